The van der Waals surface area contributed by atoms with E-state index in [4.69, 9.17) is 4.74 Å². The molecule has 1 N–H and O–H groups in total. The number of carbonyl (C=O) groups is 1. The smallest absolute Gasteiger partial charge is 0.338 e. The number of aromatic amines is 1. The van der Waals surface area contributed by atoms with Crippen LogP contribution in [0.4, 0.5) is 0 Å². The predicted octanol–water partition coefficient (Wildman–Crippen LogP) is 4.13. The van der Waals surface area contributed by atoms with Gasteiger partial charge in [-0.15, -0.1) is 0 Å². The van der Waals surface area contributed by atoms with Crippen molar-refractivity contribution in [3.05, 3.63) is 82.6 Å². The Balaban J connectivity index is 2.17. The molecule has 0 radical (unpaired) electrons. The first-order valence-electron chi connectivity index (χ1n) is 7.91. The molecule has 0 unspecified atom stereocenters. The fourth-order valence-electron chi connectivity index (χ4n) is 3.16. The Morgan fingerprint density at radius 2 is 1.60 bits per heavy atom. The summed E-state index contributed by atoms with van der Waals surface area (Å²) in [4.78, 5) is 27.7. The van der Waals surface area contributed by atoms with E-state index in [0.29, 0.717) is 10.9 Å². The third-order valence-corrected chi connectivity index (χ3v) is 4.36. The number of benzene rings is 3. The molecule has 0 amide bonds. The summed E-state index contributed by atoms with van der Waals surface area (Å²) in [7, 11) is 1.34. The standard InChI is InChI=1S/C21H15NO3/c1-25-21(24)18-12-17-16(11-15(18)13-7-3-2-4-8-13)14-9-5-6-10-19(14)22-20(17)23/h2-12H,1H3,(H,22,23). The van der Waals surface area contributed by atoms with Gasteiger partial charge < -0.3 is 9.72 Å². The van der Waals surface area contributed by atoms with Crippen LogP contribution in [0, 0.1) is 0 Å². The molecule has 0 fully saturated rings. The van der Waals surface area contributed by atoms with Gasteiger partial charge in [0.1, 0.15) is 0 Å². The first-order valence-corrected chi connectivity index (χ1v) is 7.91. The number of hydrogen-bond donors (Lipinski definition) is 1. The van der Waals surface area contributed by atoms with Crippen LogP contribution < -0.4 is 5.56 Å². The lowest BCUT2D eigenvalue weighted by molar-refractivity contribution is 0.0602. The summed E-state index contributed by atoms with van der Waals surface area (Å²) >= 11 is 0. The number of nitrogens with one attached hydrogen (secondary N) is 1. The van der Waals surface area contributed by atoms with E-state index < -0.39 is 5.97 Å². The van der Waals surface area contributed by atoms with Crippen LogP contribution in [0.3, 0.4) is 0 Å². The molecule has 4 aromatic rings. The Bertz CT molecular complexity index is 1160. The molecule has 0 saturated carbocycles. The largest absolute Gasteiger partial charge is 0.465 e. The number of H-pyrrole nitrogens is 1. The molecule has 0 bridgehead atoms. The molecule has 0 aliphatic heterocycles. The van der Waals surface area contributed by atoms with Crippen molar-refractivity contribution in [3.63, 3.8) is 0 Å². The Hall–Kier alpha value is -3.40. The summed E-state index contributed by atoms with van der Waals surface area (Å²) < 4.78 is 4.92. The van der Waals surface area contributed by atoms with Crippen molar-refractivity contribution in [1.82, 2.24) is 4.98 Å². The third-order valence-electron chi connectivity index (χ3n) is 4.36. The number of ether oxygens (including phenoxy) is 1. The highest BCUT2D eigenvalue weighted by molar-refractivity contribution is 6.10. The van der Waals surface area contributed by atoms with Gasteiger partial charge in [-0.3, -0.25) is 4.79 Å². The third kappa shape index (κ3) is 2.48. The summed E-state index contributed by atoms with van der Waals surface area (Å²) in [6.45, 7) is 0. The van der Waals surface area contributed by atoms with E-state index in [1.165, 1.54) is 7.11 Å². The van der Waals surface area contributed by atoms with Gasteiger partial charge in [-0.25, -0.2) is 4.79 Å². The van der Waals surface area contributed by atoms with Gasteiger partial charge in [-0.05, 0) is 34.7 Å². The van der Waals surface area contributed by atoms with E-state index >= 15 is 0 Å². The summed E-state index contributed by atoms with van der Waals surface area (Å²) in [5.41, 5.74) is 2.56. The number of para-hydroxylation sites is 1. The molecule has 122 valence electrons. The quantitative estimate of drug-likeness (QED) is 0.444. The lowest BCUT2D eigenvalue weighted by Crippen LogP contribution is -2.10. The summed E-state index contributed by atoms with van der Waals surface area (Å²) in [6.07, 6.45) is 0. The van der Waals surface area contributed by atoms with E-state index in [0.717, 1.165) is 27.4 Å². The molecule has 0 saturated heterocycles. The molecule has 1 aromatic heterocycles. The zero-order valence-corrected chi connectivity index (χ0v) is 13.6. The SMILES string of the molecule is COC(=O)c1cc2c(=O)[nH]c3ccccc3c2cc1-c1ccccc1. The highest BCUT2D eigenvalue weighted by Gasteiger charge is 2.17. The fourth-order valence-corrected chi connectivity index (χ4v) is 3.16. The molecular weight excluding hydrogens is 314 g/mol. The van der Waals surface area contributed by atoms with Crippen molar-refractivity contribution in [2.75, 3.05) is 7.11 Å². The van der Waals surface area contributed by atoms with Crippen LogP contribution in [0.25, 0.3) is 32.8 Å². The van der Waals surface area contributed by atoms with Crippen molar-refractivity contribution in [2.45, 2.75) is 0 Å². The number of rotatable bonds is 2. The average molecular weight is 329 g/mol. The van der Waals surface area contributed by atoms with Crippen LogP contribution in [-0.2, 0) is 4.74 Å². The Labute approximate surface area is 143 Å². The van der Waals surface area contributed by atoms with Gasteiger partial charge in [-0.1, -0.05) is 48.5 Å². The van der Waals surface area contributed by atoms with Gasteiger partial charge in [0, 0.05) is 16.3 Å². The molecule has 4 heteroatoms. The first-order chi connectivity index (χ1) is 12.2. The maximum absolute atomic E-state index is 12.5. The normalized spacial score (nSPS) is 10.9. The number of fused-ring (bicyclic) bond motifs is 3. The maximum Gasteiger partial charge on any atom is 0.338 e. The molecule has 1 heterocycles. The molecule has 0 aliphatic carbocycles. The number of methoxy groups -OCH3 is 1. The number of pyridine rings is 1. The Kier molecular flexibility index (Phi) is 3.58. The minimum absolute atomic E-state index is 0.224. The van der Waals surface area contributed by atoms with Gasteiger partial charge in [0.2, 0.25) is 0 Å². The second kappa shape index (κ2) is 5.91. The van der Waals surface area contributed by atoms with Crippen molar-refractivity contribution in [2.24, 2.45) is 0 Å². The summed E-state index contributed by atoms with van der Waals surface area (Å²) in [6, 6.07) is 20.8. The van der Waals surface area contributed by atoms with E-state index in [1.807, 2.05) is 60.7 Å². The first kappa shape index (κ1) is 15.1. The average Bonchev–Trinajstić information content (AvgIpc) is 2.67. The van der Waals surface area contributed by atoms with Gasteiger partial charge >= 0.3 is 5.97 Å². The summed E-state index contributed by atoms with van der Waals surface area (Å²) in [5.74, 6) is -0.465. The van der Waals surface area contributed by atoms with Crippen molar-refractivity contribution < 1.29 is 9.53 Å². The highest BCUT2D eigenvalue weighted by Crippen LogP contribution is 2.31. The molecule has 0 spiro atoms. The lowest BCUT2D eigenvalue weighted by atomic mass is 9.94. The van der Waals surface area contributed by atoms with Crippen molar-refractivity contribution >= 4 is 27.6 Å². The van der Waals surface area contributed by atoms with Crippen LogP contribution in [0.5, 0.6) is 0 Å². The van der Waals surface area contributed by atoms with Gasteiger partial charge in [0.25, 0.3) is 5.56 Å². The molecule has 0 atom stereocenters. The fraction of sp³-hybridized carbons (Fsp3) is 0.0476. The number of carbonyl (C=O) groups excluding carboxylic acids is 1. The van der Waals surface area contributed by atoms with Crippen LogP contribution in [0.2, 0.25) is 0 Å². The molecule has 4 rings (SSSR count). The second-order valence-electron chi connectivity index (χ2n) is 5.80. The van der Waals surface area contributed by atoms with Gasteiger partial charge in [-0.2, -0.15) is 0 Å². The van der Waals surface area contributed by atoms with Crippen LogP contribution in [0.15, 0.2) is 71.5 Å². The topological polar surface area (TPSA) is 59.2 Å². The zero-order valence-electron chi connectivity index (χ0n) is 13.6. The minimum Gasteiger partial charge on any atom is -0.465 e. The molecule has 4 nitrogen and oxygen atoms in total. The van der Waals surface area contributed by atoms with E-state index in [-0.39, 0.29) is 5.56 Å². The number of hydrogen-bond acceptors (Lipinski definition) is 3. The number of aromatic nitrogens is 1. The second-order valence-corrected chi connectivity index (χ2v) is 5.80. The molecule has 3 aromatic carbocycles. The van der Waals surface area contributed by atoms with Crippen LogP contribution in [-0.4, -0.2) is 18.1 Å². The van der Waals surface area contributed by atoms with E-state index in [2.05, 4.69) is 4.98 Å². The highest BCUT2D eigenvalue weighted by atomic mass is 16.5. The molecule has 0 aliphatic rings. The monoisotopic (exact) mass is 329 g/mol. The van der Waals surface area contributed by atoms with Crippen molar-refractivity contribution in [3.8, 4) is 11.1 Å². The lowest BCUT2D eigenvalue weighted by Gasteiger charge is -2.12. The van der Waals surface area contributed by atoms with Gasteiger partial charge in [0.15, 0.2) is 0 Å². The van der Waals surface area contributed by atoms with Crippen LogP contribution >= 0.6 is 0 Å². The molecular formula is C21H15NO3. The minimum atomic E-state index is -0.465. The zero-order chi connectivity index (χ0) is 17.4. The Morgan fingerprint density at radius 3 is 2.36 bits per heavy atom. The van der Waals surface area contributed by atoms with E-state index in [1.54, 1.807) is 6.07 Å². The van der Waals surface area contributed by atoms with Crippen LogP contribution in [0.1, 0.15) is 10.4 Å². The maximum atomic E-state index is 12.5. The van der Waals surface area contributed by atoms with Crippen molar-refractivity contribution in [1.29, 1.82) is 0 Å². The van der Waals surface area contributed by atoms with Gasteiger partial charge in [0.05, 0.1) is 12.7 Å². The number of esters is 1. The van der Waals surface area contributed by atoms with E-state index in [9.17, 15) is 9.59 Å². The predicted molar refractivity (Wildman–Crippen MR) is 98.9 cm³/mol. The summed E-state index contributed by atoms with van der Waals surface area (Å²) in [5, 5.41) is 2.22. The molecule has 25 heavy (non-hydrogen) atoms. The Morgan fingerprint density at radius 1 is 0.880 bits per heavy atom.